The average Bonchev–Trinajstić information content (AvgIpc) is 1.86. The van der Waals surface area contributed by atoms with Crippen molar-refractivity contribution in [1.29, 1.82) is 0 Å². The summed E-state index contributed by atoms with van der Waals surface area (Å²) in [6, 6.07) is 0. The fourth-order valence-electron chi connectivity index (χ4n) is 0.549. The summed E-state index contributed by atoms with van der Waals surface area (Å²) in [5.74, 6) is 0.651. The van der Waals surface area contributed by atoms with Gasteiger partial charge in [0.2, 0.25) is 5.91 Å². The van der Waals surface area contributed by atoms with E-state index in [1.165, 1.54) is 0 Å². The first-order valence-electron chi connectivity index (χ1n) is 4.79. The van der Waals surface area contributed by atoms with Crippen LogP contribution in [0, 0.1) is 5.92 Å². The fourth-order valence-corrected chi connectivity index (χ4v) is 0.549. The summed E-state index contributed by atoms with van der Waals surface area (Å²) in [7, 11) is 0. The van der Waals surface area contributed by atoms with Gasteiger partial charge in [-0.2, -0.15) is 0 Å². The van der Waals surface area contributed by atoms with Crippen LogP contribution in [0.25, 0.3) is 0 Å². The van der Waals surface area contributed by atoms with Crippen molar-refractivity contribution in [2.45, 2.75) is 53.4 Å². The molecule has 0 aliphatic heterocycles. The molecule has 0 aliphatic carbocycles. The van der Waals surface area contributed by atoms with E-state index in [9.17, 15) is 4.79 Å². The molecule has 0 aromatic rings. The maximum Gasteiger partial charge on any atom is 0.217 e. The predicted octanol–water partition coefficient (Wildman–Crippen LogP) is 2.71. The summed E-state index contributed by atoms with van der Waals surface area (Å²) in [5, 5.41) is 0. The molecule has 0 saturated heterocycles. The lowest BCUT2D eigenvalue weighted by Gasteiger charge is -1.90. The van der Waals surface area contributed by atoms with E-state index in [1.807, 2.05) is 0 Å². The van der Waals surface area contributed by atoms with E-state index in [0.717, 1.165) is 25.2 Å². The Morgan fingerprint density at radius 1 is 1.25 bits per heavy atom. The molecule has 74 valence electrons. The zero-order valence-corrected chi connectivity index (χ0v) is 8.89. The summed E-state index contributed by atoms with van der Waals surface area (Å²) < 4.78 is 0. The molecule has 0 rings (SSSR count). The van der Waals surface area contributed by atoms with Crippen LogP contribution in [0.1, 0.15) is 53.4 Å². The number of primary amides is 1. The van der Waals surface area contributed by atoms with Gasteiger partial charge in [-0.05, 0) is 12.3 Å². The van der Waals surface area contributed by atoms with Gasteiger partial charge in [0.15, 0.2) is 0 Å². The highest BCUT2D eigenvalue weighted by molar-refractivity contribution is 5.73. The van der Waals surface area contributed by atoms with Crippen LogP contribution in [0.3, 0.4) is 0 Å². The third-order valence-electron chi connectivity index (χ3n) is 1.03. The van der Waals surface area contributed by atoms with Crippen molar-refractivity contribution in [2.75, 3.05) is 0 Å². The molecule has 1 amide bonds. The fraction of sp³-hybridized carbons (Fsp3) is 0.900. The SMILES string of the molecule is CC(C)C.CCCCCC(N)=O. The van der Waals surface area contributed by atoms with E-state index >= 15 is 0 Å². The third kappa shape index (κ3) is 34.0. The molecule has 2 nitrogen and oxygen atoms in total. The molecule has 0 radical (unpaired) electrons. The topological polar surface area (TPSA) is 43.1 Å². The minimum absolute atomic E-state index is 0.182. The van der Waals surface area contributed by atoms with E-state index in [0.29, 0.717) is 6.42 Å². The molecule has 0 fully saturated rings. The normalized spacial score (nSPS) is 9.08. The molecule has 0 bridgehead atoms. The van der Waals surface area contributed by atoms with Gasteiger partial charge in [-0.15, -0.1) is 0 Å². The van der Waals surface area contributed by atoms with Crippen LogP contribution < -0.4 is 5.73 Å². The van der Waals surface area contributed by atoms with E-state index in [1.54, 1.807) is 0 Å². The Hall–Kier alpha value is -0.530. The Bertz CT molecular complexity index is 97.3. The Balaban J connectivity index is 0. The second kappa shape index (κ2) is 10.5. The number of rotatable bonds is 4. The standard InChI is InChI=1S/C6H13NO.C4H10/c1-2-3-4-5-6(7)8;1-4(2)3/h2-5H2,1H3,(H2,7,8);4H,1-3H3. The molecule has 12 heavy (non-hydrogen) atoms. The molecular weight excluding hydrogens is 150 g/mol. The smallest absolute Gasteiger partial charge is 0.217 e. The highest BCUT2D eigenvalue weighted by Crippen LogP contribution is 1.96. The van der Waals surface area contributed by atoms with Crippen LogP contribution >= 0.6 is 0 Å². The van der Waals surface area contributed by atoms with E-state index in [2.05, 4.69) is 27.7 Å². The van der Waals surface area contributed by atoms with Crippen molar-refractivity contribution >= 4 is 5.91 Å². The van der Waals surface area contributed by atoms with Gasteiger partial charge in [0.05, 0.1) is 0 Å². The van der Waals surface area contributed by atoms with E-state index in [4.69, 9.17) is 5.73 Å². The Morgan fingerprint density at radius 2 is 1.67 bits per heavy atom. The van der Waals surface area contributed by atoms with Crippen LogP contribution in [0.4, 0.5) is 0 Å². The van der Waals surface area contributed by atoms with Crippen molar-refractivity contribution < 1.29 is 4.79 Å². The predicted molar refractivity (Wildman–Crippen MR) is 53.8 cm³/mol. The molecule has 2 heteroatoms. The van der Waals surface area contributed by atoms with Gasteiger partial charge < -0.3 is 5.73 Å². The highest BCUT2D eigenvalue weighted by Gasteiger charge is 1.90. The number of hydrogen-bond acceptors (Lipinski definition) is 1. The van der Waals surface area contributed by atoms with Crippen molar-refractivity contribution in [3.05, 3.63) is 0 Å². The molecular formula is C10H23NO. The molecule has 0 aromatic heterocycles. The second-order valence-corrected chi connectivity index (χ2v) is 3.66. The van der Waals surface area contributed by atoms with Gasteiger partial charge in [0.1, 0.15) is 0 Å². The zero-order valence-electron chi connectivity index (χ0n) is 8.89. The number of amides is 1. The first-order valence-corrected chi connectivity index (χ1v) is 4.79. The van der Waals surface area contributed by atoms with Crippen LogP contribution in [0.2, 0.25) is 0 Å². The van der Waals surface area contributed by atoms with Crippen LogP contribution in [0.15, 0.2) is 0 Å². The summed E-state index contributed by atoms with van der Waals surface area (Å²) in [4.78, 5) is 10.1. The molecule has 0 unspecified atom stereocenters. The number of nitrogens with two attached hydrogens (primary N) is 1. The third-order valence-corrected chi connectivity index (χ3v) is 1.03. The lowest BCUT2D eigenvalue weighted by Crippen LogP contribution is -2.09. The molecule has 0 saturated carbocycles. The Labute approximate surface area is 76.5 Å². The number of carbonyl (C=O) groups is 1. The lowest BCUT2D eigenvalue weighted by molar-refractivity contribution is -0.118. The van der Waals surface area contributed by atoms with Gasteiger partial charge >= 0.3 is 0 Å². The minimum atomic E-state index is -0.182. The first kappa shape index (κ1) is 14.0. The summed E-state index contributed by atoms with van der Waals surface area (Å²) in [6.45, 7) is 8.60. The minimum Gasteiger partial charge on any atom is -0.370 e. The van der Waals surface area contributed by atoms with Crippen molar-refractivity contribution in [3.8, 4) is 0 Å². The monoisotopic (exact) mass is 173 g/mol. The Kier molecular flexibility index (Phi) is 12.2. The summed E-state index contributed by atoms with van der Waals surface area (Å²) in [6.07, 6.45) is 3.76. The van der Waals surface area contributed by atoms with Gasteiger partial charge in [-0.1, -0.05) is 40.5 Å². The lowest BCUT2D eigenvalue weighted by atomic mass is 10.2. The van der Waals surface area contributed by atoms with Crippen LogP contribution in [-0.2, 0) is 4.79 Å². The molecule has 0 aliphatic rings. The van der Waals surface area contributed by atoms with Crippen LogP contribution in [-0.4, -0.2) is 5.91 Å². The molecule has 0 heterocycles. The van der Waals surface area contributed by atoms with E-state index in [-0.39, 0.29) is 5.91 Å². The largest absolute Gasteiger partial charge is 0.370 e. The molecule has 2 N–H and O–H groups in total. The van der Waals surface area contributed by atoms with Crippen molar-refractivity contribution in [1.82, 2.24) is 0 Å². The van der Waals surface area contributed by atoms with Gasteiger partial charge in [0, 0.05) is 6.42 Å². The van der Waals surface area contributed by atoms with E-state index < -0.39 is 0 Å². The van der Waals surface area contributed by atoms with Crippen molar-refractivity contribution in [3.63, 3.8) is 0 Å². The van der Waals surface area contributed by atoms with Crippen molar-refractivity contribution in [2.24, 2.45) is 11.7 Å². The molecule has 0 spiro atoms. The Morgan fingerprint density at radius 3 is 1.92 bits per heavy atom. The first-order chi connectivity index (χ1) is 5.50. The van der Waals surface area contributed by atoms with Gasteiger partial charge in [-0.3, -0.25) is 4.79 Å². The molecule has 0 aromatic carbocycles. The number of carbonyl (C=O) groups excluding carboxylic acids is 1. The second-order valence-electron chi connectivity index (χ2n) is 3.66. The maximum absolute atomic E-state index is 10.1. The quantitative estimate of drug-likeness (QED) is 0.653. The summed E-state index contributed by atoms with van der Waals surface area (Å²) >= 11 is 0. The zero-order chi connectivity index (χ0) is 9.98. The average molecular weight is 173 g/mol. The number of hydrogen-bond donors (Lipinski definition) is 1. The maximum atomic E-state index is 10.1. The highest BCUT2D eigenvalue weighted by atomic mass is 16.1. The molecule has 0 atom stereocenters. The number of unbranched alkanes of at least 4 members (excludes halogenated alkanes) is 2. The van der Waals surface area contributed by atoms with Crippen LogP contribution in [0.5, 0.6) is 0 Å². The summed E-state index contributed by atoms with van der Waals surface area (Å²) in [5.41, 5.74) is 4.89. The van der Waals surface area contributed by atoms with Gasteiger partial charge in [0.25, 0.3) is 0 Å². The van der Waals surface area contributed by atoms with Gasteiger partial charge in [-0.25, -0.2) is 0 Å².